The first-order chi connectivity index (χ1) is 53.2. The van der Waals surface area contributed by atoms with Crippen LogP contribution in [-0.2, 0) is 38.4 Å². The Labute approximate surface area is 687 Å². The average Bonchev–Trinajstić information content (AvgIpc) is 1.03. The second kappa shape index (κ2) is 45.9. The SMILES string of the molecule is C.C.CC[C@]1(CO)O[C@@H](n2ccc(N)nc2=O)[C@H](F)[C@@H]1O.CC[C@]1(CO)O[C@@H](n2ccc(NC(c3ccccc3)(c3ccccc3)c3ccc(OC)cc3)nc2=O)[C@H](F)[C@@H]1C.C[C@H](NC[C@]1(COP(C)(=O)Oc2ccccc2)O[C@@H](n2ccc(N)nc2=O)[C@H](F)[C@@H]1O)C(=O)OC1CCCCC1.P[P-]P(P(P)P)P(P(P)P)P(P)P. The standard InChI is InChI=1S/C32H34FN3O4.C26H36FN4O8P.C11H16FN3O4.2CH4.H14P13/c1-4-31(21-37)22(2)28(33)29(40-31)36-20-19-27(34-30(36)38)35-32(23-11-7-5-8-12-23,24-13-9-6-10-14-24)25-15-17-26(39-3)18-16-25;1-17(24(33)37-18-9-5-3-6-10-18)29-15-26(16-36-40(2,35)39-19-11-7-4-8-12-19)22(32)21(27)23(38-26)31-14-13-20(28)30-25(31)34;1-2-11(5-16)8(17)7(12)9(19-11)15-4-3-6(13)14-10(15)18;;;1-8-12(9(2)3)13(10(4)5)11(6)7/h5-20,22,28-29,37H,4,21H2,1-3H3,(H,34,35,38);4,7-8,11-14,17-18,21-23,29,32H,3,5-6,9-10,15-16H2,1-2H3,(H2,28,30,34);3-4,7-9,16-17H,2,5H2,1H3,(H2,13,14,18);2*1H4;1-7H2/q;;;;;-1/t22-,28+,29+,31+;17-,21+,22-,23+,26+,40?;7-,8+,9-,11-;;;/m001.../s1. The molecule has 3 aromatic heterocycles. The summed E-state index contributed by atoms with van der Waals surface area (Å²) in [6.07, 6.45) is -3.82. The van der Waals surface area contributed by atoms with E-state index in [0.717, 1.165) is 63.7 Å². The van der Waals surface area contributed by atoms with Gasteiger partial charge in [0.2, 0.25) is 0 Å². The number of aliphatic hydroxyl groups excluding tert-OH is 4. The molecule has 3 saturated heterocycles. The summed E-state index contributed by atoms with van der Waals surface area (Å²) in [5.74, 6) is 0.175. The maximum absolute atomic E-state index is 15.5. The largest absolute Gasteiger partial charge is 0.497 e. The minimum absolute atomic E-state index is 0. The lowest BCUT2D eigenvalue weighted by atomic mass is 9.77. The molecular formula is C71H108F3N10O16P14-. The van der Waals surface area contributed by atoms with Gasteiger partial charge in [-0.3, -0.25) is 31.9 Å². The van der Waals surface area contributed by atoms with Crippen molar-refractivity contribution in [1.82, 2.24) is 34.0 Å². The van der Waals surface area contributed by atoms with Crippen molar-refractivity contribution >= 4 is 136 Å². The molecule has 0 bridgehead atoms. The Balaban J connectivity index is 0.000000256. The number of nitrogens with zero attached hydrogens (tertiary/aromatic N) is 6. The number of benzene rings is 4. The van der Waals surface area contributed by atoms with E-state index in [-0.39, 0.29) is 92.9 Å². The predicted octanol–water partition coefficient (Wildman–Crippen LogP) is 15.8. The zero-order chi connectivity index (χ0) is 82.0. The summed E-state index contributed by atoms with van der Waals surface area (Å²) < 4.78 is 100. The summed E-state index contributed by atoms with van der Waals surface area (Å²) in [5.41, 5.74) is 6.10. The van der Waals surface area contributed by atoms with Gasteiger partial charge in [-0.1, -0.05) is 140 Å². The Morgan fingerprint density at radius 2 is 1.10 bits per heavy atom. The number of para-hydroxylation sites is 1. The highest BCUT2D eigenvalue weighted by molar-refractivity contribution is 9.24. The average molecular weight is 1850 g/mol. The molecule has 0 amide bonds. The third-order valence-corrected chi connectivity index (χ3v) is 91.3. The number of rotatable bonds is 28. The number of hydrogen-bond acceptors (Lipinski definition) is 23. The van der Waals surface area contributed by atoms with Gasteiger partial charge in [0.25, 0.3) is 0 Å². The second-order valence-corrected chi connectivity index (χ2v) is 75.3. The molecule has 11 rings (SSSR count). The molecule has 9 unspecified atom stereocenters. The van der Waals surface area contributed by atoms with Gasteiger partial charge in [-0.2, -0.15) is 21.9 Å². The highest BCUT2D eigenvalue weighted by atomic mass is 33.3. The van der Waals surface area contributed by atoms with Crippen LogP contribution >= 0.6 is 113 Å². The molecule has 3 aliphatic heterocycles. The van der Waals surface area contributed by atoms with Gasteiger partial charge in [0.15, 0.2) is 37.2 Å². The van der Waals surface area contributed by atoms with Crippen LogP contribution in [0.3, 0.4) is 0 Å². The highest BCUT2D eigenvalue weighted by Crippen LogP contribution is 3.18. The first-order valence-electron chi connectivity index (χ1n) is 35.4. The topological polar surface area (TPSA) is 360 Å². The monoisotopic (exact) mass is 1850 g/mol. The summed E-state index contributed by atoms with van der Waals surface area (Å²) in [7, 11) is 20.4. The van der Waals surface area contributed by atoms with Crippen molar-refractivity contribution < 1.29 is 75.7 Å². The van der Waals surface area contributed by atoms with Gasteiger partial charge >= 0.3 is 30.6 Å². The van der Waals surface area contributed by atoms with E-state index in [2.05, 4.69) is 88.1 Å². The number of halogens is 3. The van der Waals surface area contributed by atoms with Crippen molar-refractivity contribution in [3.63, 3.8) is 0 Å². The number of ether oxygens (including phenoxy) is 5. The first kappa shape index (κ1) is 100. The third kappa shape index (κ3) is 24.6. The highest BCUT2D eigenvalue weighted by Gasteiger charge is 2.58. The van der Waals surface area contributed by atoms with Crippen molar-refractivity contribution in [2.45, 2.75) is 171 Å². The Hall–Kier alpha value is -2.76. The number of carbonyl (C=O) groups excluding carboxylic acids is 1. The molecule has 0 radical (unpaired) electrons. The number of esters is 1. The number of methoxy groups -OCH3 is 1. The molecule has 43 heteroatoms. The van der Waals surface area contributed by atoms with Gasteiger partial charge in [0.1, 0.15) is 70.0 Å². The number of carbonyl (C=O) groups is 1. The summed E-state index contributed by atoms with van der Waals surface area (Å²) in [5, 5.41) is 46.7. The molecule has 630 valence electrons. The zero-order valence-electron chi connectivity index (χ0n) is 62.4. The molecule has 10 N–H and O–H groups in total. The van der Waals surface area contributed by atoms with Crippen molar-refractivity contribution in [3.05, 3.63) is 200 Å². The fourth-order valence-corrected chi connectivity index (χ4v) is 136. The van der Waals surface area contributed by atoms with Crippen molar-refractivity contribution in [1.29, 1.82) is 0 Å². The van der Waals surface area contributed by atoms with Crippen LogP contribution in [0.2, 0.25) is 0 Å². The van der Waals surface area contributed by atoms with E-state index in [1.54, 1.807) is 72.2 Å². The lowest BCUT2D eigenvalue weighted by molar-refractivity contribution is -0.154. The number of nitrogens with two attached hydrogens (primary N) is 2. The molecule has 7 aromatic rings. The van der Waals surface area contributed by atoms with E-state index in [0.29, 0.717) is 12.2 Å². The molecule has 4 aliphatic rings. The van der Waals surface area contributed by atoms with Gasteiger partial charge in [0, 0.05) is 37.7 Å². The smallest absolute Gasteiger partial charge is 0.376 e. The van der Waals surface area contributed by atoms with Gasteiger partial charge in [0.05, 0.1) is 32.5 Å². The molecule has 1 aliphatic carbocycles. The van der Waals surface area contributed by atoms with Crippen molar-refractivity contribution in [2.24, 2.45) is 5.92 Å². The van der Waals surface area contributed by atoms with Crippen LogP contribution in [0.4, 0.5) is 30.6 Å². The Bertz CT molecular complexity index is 4330. The van der Waals surface area contributed by atoms with Gasteiger partial charge < -0.3 is 78.7 Å². The van der Waals surface area contributed by atoms with E-state index < -0.39 is 128 Å². The lowest BCUT2D eigenvalue weighted by Crippen LogP contribution is -2.55. The maximum Gasteiger partial charge on any atom is 0.376 e. The fourth-order valence-electron chi connectivity index (χ4n) is 13.1. The van der Waals surface area contributed by atoms with E-state index in [9.17, 15) is 48.6 Å². The minimum atomic E-state index is -3.78. The number of nitrogens with one attached hydrogen (secondary N) is 2. The number of hydrogen-bond donors (Lipinski definition) is 8. The molecule has 4 aromatic carbocycles. The van der Waals surface area contributed by atoms with Crippen LogP contribution in [-0.4, -0.2) is 155 Å². The van der Waals surface area contributed by atoms with Gasteiger partial charge in [-0.05, 0) is 126 Å². The quantitative estimate of drug-likeness (QED) is 0.0128. The van der Waals surface area contributed by atoms with E-state index >= 15 is 8.78 Å². The maximum atomic E-state index is 15.5. The van der Waals surface area contributed by atoms with E-state index in [1.807, 2.05) is 91.9 Å². The summed E-state index contributed by atoms with van der Waals surface area (Å²) in [6, 6.07) is 39.3. The third-order valence-electron chi connectivity index (χ3n) is 19.5. The summed E-state index contributed by atoms with van der Waals surface area (Å²) in [6.45, 7) is 6.93. The molecule has 0 spiro atoms. The van der Waals surface area contributed by atoms with Crippen LogP contribution in [0.15, 0.2) is 166 Å². The van der Waals surface area contributed by atoms with Crippen LogP contribution in [0.1, 0.15) is 123 Å². The Kier molecular flexibility index (Phi) is 40.3. The first-order valence-corrected chi connectivity index (χ1v) is 59.8. The van der Waals surface area contributed by atoms with Crippen LogP contribution < -0.4 is 48.4 Å². The van der Waals surface area contributed by atoms with Crippen LogP contribution in [0.25, 0.3) is 0 Å². The molecule has 6 heterocycles. The Morgan fingerprint density at radius 1 is 0.658 bits per heavy atom. The number of aliphatic hydroxyl groups is 4. The van der Waals surface area contributed by atoms with Crippen LogP contribution in [0.5, 0.6) is 11.5 Å². The summed E-state index contributed by atoms with van der Waals surface area (Å²) >= 11 is 0. The van der Waals surface area contributed by atoms with Crippen LogP contribution in [0, 0.1) is 5.92 Å². The number of aromatic nitrogens is 6. The number of anilines is 3. The van der Waals surface area contributed by atoms with Gasteiger partial charge in [-0.15, -0.1) is 53.6 Å². The van der Waals surface area contributed by atoms with Gasteiger partial charge in [-0.25, -0.2) is 32.1 Å². The molecule has 22 atom stereocenters. The lowest BCUT2D eigenvalue weighted by Gasteiger charge is -2.43. The minimum Gasteiger partial charge on any atom is -0.497 e. The summed E-state index contributed by atoms with van der Waals surface area (Å²) in [4.78, 5) is 61.5. The van der Waals surface area contributed by atoms with E-state index in [1.165, 1.54) is 42.0 Å². The molecule has 26 nitrogen and oxygen atoms in total. The molecule has 1 saturated carbocycles. The molecule has 4 fully saturated rings. The normalized spacial score (nSPS) is 25.2. The molecular weight excluding hydrogens is 1740 g/mol. The van der Waals surface area contributed by atoms with E-state index in [4.69, 9.17) is 44.2 Å². The fraction of sp³-hybridized carbons (Fsp3) is 0.479. The molecule has 114 heavy (non-hydrogen) atoms. The Morgan fingerprint density at radius 3 is 1.51 bits per heavy atom. The van der Waals surface area contributed by atoms with Crippen molar-refractivity contribution in [2.75, 3.05) is 56.9 Å². The zero-order valence-corrected chi connectivity index (χ0v) is 76.7. The van der Waals surface area contributed by atoms with Crippen molar-refractivity contribution in [3.8, 4) is 11.5 Å². The predicted molar refractivity (Wildman–Crippen MR) is 483 cm³/mol. The number of alkyl halides is 3. The second-order valence-electron chi connectivity index (χ2n) is 26.7. The number of nitrogen functional groups attached to an aromatic ring is 2.